The van der Waals surface area contributed by atoms with Crippen LogP contribution in [0.15, 0.2) is 0 Å². The van der Waals surface area contributed by atoms with Gasteiger partial charge in [-0.25, -0.2) is 0 Å². The summed E-state index contributed by atoms with van der Waals surface area (Å²) in [6, 6.07) is 0. The van der Waals surface area contributed by atoms with Crippen LogP contribution in [0.5, 0.6) is 0 Å². The van der Waals surface area contributed by atoms with Gasteiger partial charge in [-0.15, -0.1) is 0 Å². The predicted molar refractivity (Wildman–Crippen MR) is 44.3 cm³/mol. The van der Waals surface area contributed by atoms with Crippen molar-refractivity contribution in [3.05, 3.63) is 0 Å². The van der Waals surface area contributed by atoms with E-state index in [-0.39, 0.29) is 6.10 Å². The van der Waals surface area contributed by atoms with Gasteiger partial charge in [-0.05, 0) is 19.7 Å². The molecule has 0 aliphatic carbocycles. The summed E-state index contributed by atoms with van der Waals surface area (Å²) in [4.78, 5) is 10.5. The number of carbonyl (C=O) groups is 1. The van der Waals surface area contributed by atoms with Crippen LogP contribution < -0.4 is 0 Å². The molecule has 2 fully saturated rings. The topological polar surface area (TPSA) is 44.8 Å². The van der Waals surface area contributed by atoms with Crippen molar-refractivity contribution in [1.82, 2.24) is 0 Å². The van der Waals surface area contributed by atoms with Gasteiger partial charge in [0.15, 0.2) is 12.1 Å². The predicted octanol–water partition coefficient (Wildman–Crippen LogP) is 0.0187. The van der Waals surface area contributed by atoms with E-state index < -0.39 is 24.0 Å². The highest BCUT2D eigenvalue weighted by Crippen LogP contribution is 2.41. The molecule has 13 heavy (non-hydrogen) atoms. The molecule has 2 heterocycles. The summed E-state index contributed by atoms with van der Waals surface area (Å²) < 4.78 is 16.1. The van der Waals surface area contributed by atoms with Gasteiger partial charge < -0.3 is 19.0 Å². The molecule has 0 N–H and O–H groups in total. The zero-order valence-corrected chi connectivity index (χ0v) is 7.60. The molecule has 70 valence electrons. The van der Waals surface area contributed by atoms with Crippen molar-refractivity contribution in [1.29, 1.82) is 0 Å². The largest absolute Gasteiger partial charge is 0.342 e. The minimum Gasteiger partial charge on any atom is -0.342 e. The molecule has 0 amide bonds. The van der Waals surface area contributed by atoms with E-state index >= 15 is 0 Å². The zero-order chi connectivity index (χ0) is 9.64. The summed E-state index contributed by atoms with van der Waals surface area (Å²) in [7, 11) is 5.73. The normalized spacial score (nSPS) is 47.5. The summed E-state index contributed by atoms with van der Waals surface area (Å²) >= 11 is 0. The van der Waals surface area contributed by atoms with Crippen molar-refractivity contribution < 1.29 is 19.0 Å². The molecule has 0 spiro atoms. The Bertz CT molecular complexity index is 230. The lowest BCUT2D eigenvalue weighted by Gasteiger charge is -2.21. The number of fused-ring (bicyclic) bond motifs is 1. The number of rotatable bonds is 1. The molecule has 2 aliphatic rings. The minimum absolute atomic E-state index is 0.329. The van der Waals surface area contributed by atoms with Crippen LogP contribution in [-0.2, 0) is 19.0 Å². The van der Waals surface area contributed by atoms with Crippen molar-refractivity contribution in [3.63, 3.8) is 0 Å². The van der Waals surface area contributed by atoms with E-state index in [0.717, 1.165) is 0 Å². The number of hydrogen-bond donors (Lipinski definition) is 0. The van der Waals surface area contributed by atoms with Crippen LogP contribution in [-0.4, -0.2) is 38.4 Å². The molecule has 2 radical (unpaired) electrons. The van der Waals surface area contributed by atoms with E-state index in [4.69, 9.17) is 22.1 Å². The minimum atomic E-state index is -0.666. The lowest BCUT2D eigenvalue weighted by Crippen LogP contribution is -2.27. The van der Waals surface area contributed by atoms with Gasteiger partial charge in [0, 0.05) is 0 Å². The van der Waals surface area contributed by atoms with Crippen molar-refractivity contribution in [2.24, 2.45) is 0 Å². The fourth-order valence-electron chi connectivity index (χ4n) is 1.68. The fraction of sp³-hybridized carbons (Fsp3) is 0.875. The Morgan fingerprint density at radius 3 is 2.62 bits per heavy atom. The second-order valence-corrected chi connectivity index (χ2v) is 3.78. The van der Waals surface area contributed by atoms with Crippen LogP contribution in [0.3, 0.4) is 0 Å². The number of hydrogen-bond acceptors (Lipinski definition) is 4. The van der Waals surface area contributed by atoms with Crippen LogP contribution in [0.2, 0.25) is 5.82 Å². The Balaban J connectivity index is 2.11. The fourth-order valence-corrected chi connectivity index (χ4v) is 1.68. The molecular formula is C8H11BO4. The number of carbonyl (C=O) groups excluding carboxylic acids is 1. The second kappa shape index (κ2) is 2.80. The summed E-state index contributed by atoms with van der Waals surface area (Å²) in [5.74, 6) is -1.09. The van der Waals surface area contributed by atoms with Crippen molar-refractivity contribution >= 4 is 14.1 Å². The van der Waals surface area contributed by atoms with Crippen molar-refractivity contribution in [2.45, 2.75) is 43.9 Å². The average Bonchev–Trinajstić information content (AvgIpc) is 2.47. The van der Waals surface area contributed by atoms with Crippen LogP contribution in [0.25, 0.3) is 0 Å². The summed E-state index contributed by atoms with van der Waals surface area (Å²) in [5, 5.41) is 0. The van der Waals surface area contributed by atoms with E-state index in [1.54, 1.807) is 13.8 Å². The summed E-state index contributed by atoms with van der Waals surface area (Å²) in [6.07, 6.45) is -0.751. The highest BCUT2D eigenvalue weighted by Gasteiger charge is 2.52. The molecule has 0 saturated carbocycles. The lowest BCUT2D eigenvalue weighted by atomic mass is 9.80. The summed E-state index contributed by atoms with van der Waals surface area (Å²) in [6.45, 7) is 3.58. The quantitative estimate of drug-likeness (QED) is 0.423. The van der Waals surface area contributed by atoms with Crippen LogP contribution in [0.1, 0.15) is 13.8 Å². The third-order valence-electron chi connectivity index (χ3n) is 2.27. The molecule has 0 bridgehead atoms. The Hall–Kier alpha value is -0.385. The van der Waals surface area contributed by atoms with Gasteiger partial charge in [0.1, 0.15) is 18.5 Å². The molecule has 4 atom stereocenters. The zero-order valence-electron chi connectivity index (χ0n) is 7.60. The standard InChI is InChI=1S/C8H11BO4/c1-8(2)12-6-5(9)4(3-10)11-7(6)13-8/h3-7H,1-2H3/t4-,5+,6-,7-/m1/s1. The van der Waals surface area contributed by atoms with Crippen LogP contribution >= 0.6 is 0 Å². The second-order valence-electron chi connectivity index (χ2n) is 3.78. The highest BCUT2D eigenvalue weighted by atomic mass is 16.8. The van der Waals surface area contributed by atoms with Gasteiger partial charge in [-0.3, -0.25) is 0 Å². The Kier molecular flexibility index (Phi) is 1.98. The first-order valence-corrected chi connectivity index (χ1v) is 4.25. The lowest BCUT2D eigenvalue weighted by molar-refractivity contribution is -0.202. The molecular weight excluding hydrogens is 171 g/mol. The van der Waals surface area contributed by atoms with Crippen LogP contribution in [0, 0.1) is 0 Å². The Morgan fingerprint density at radius 2 is 2.08 bits per heavy atom. The summed E-state index contributed by atoms with van der Waals surface area (Å²) in [5.41, 5.74) is 0. The van der Waals surface area contributed by atoms with Gasteiger partial charge in [0.2, 0.25) is 0 Å². The molecule has 0 aromatic heterocycles. The van der Waals surface area contributed by atoms with Gasteiger partial charge in [0.05, 0.1) is 7.85 Å². The molecule has 4 nitrogen and oxygen atoms in total. The average molecular weight is 182 g/mol. The maximum atomic E-state index is 10.5. The molecule has 0 aromatic rings. The first-order valence-electron chi connectivity index (χ1n) is 4.25. The van der Waals surface area contributed by atoms with Gasteiger partial charge in [-0.2, -0.15) is 0 Å². The first-order chi connectivity index (χ1) is 6.03. The molecule has 2 saturated heterocycles. The van der Waals surface area contributed by atoms with Gasteiger partial charge in [-0.1, -0.05) is 0 Å². The monoisotopic (exact) mass is 182 g/mol. The molecule has 2 rings (SSSR count). The SMILES string of the molecule is [B][C@@H]1[C@H]2OC(C)(C)O[C@H]2O[C@@H]1C=O. The Labute approximate surface area is 77.9 Å². The Morgan fingerprint density at radius 1 is 1.38 bits per heavy atom. The third-order valence-corrected chi connectivity index (χ3v) is 2.27. The van der Waals surface area contributed by atoms with Crippen molar-refractivity contribution in [3.8, 4) is 0 Å². The smallest absolute Gasteiger partial charge is 0.187 e. The van der Waals surface area contributed by atoms with Crippen LogP contribution in [0.4, 0.5) is 0 Å². The van der Waals surface area contributed by atoms with Gasteiger partial charge in [0.25, 0.3) is 0 Å². The number of ether oxygens (including phenoxy) is 3. The van der Waals surface area contributed by atoms with Crippen molar-refractivity contribution in [2.75, 3.05) is 0 Å². The molecule has 5 heteroatoms. The maximum Gasteiger partial charge on any atom is 0.187 e. The molecule has 0 aromatic carbocycles. The first kappa shape index (κ1) is 9.18. The van der Waals surface area contributed by atoms with E-state index in [1.807, 2.05) is 0 Å². The third kappa shape index (κ3) is 1.41. The van der Waals surface area contributed by atoms with E-state index in [0.29, 0.717) is 6.29 Å². The molecule has 0 unspecified atom stereocenters. The number of aldehydes is 1. The van der Waals surface area contributed by atoms with E-state index in [1.165, 1.54) is 0 Å². The van der Waals surface area contributed by atoms with Gasteiger partial charge >= 0.3 is 0 Å². The molecule has 2 aliphatic heterocycles. The van der Waals surface area contributed by atoms with E-state index in [9.17, 15) is 4.79 Å². The maximum absolute atomic E-state index is 10.5. The van der Waals surface area contributed by atoms with E-state index in [2.05, 4.69) is 0 Å². The highest BCUT2D eigenvalue weighted by molar-refractivity contribution is 6.14.